The average Bonchev–Trinajstić information content (AvgIpc) is 2.36. The molecule has 1 unspecified atom stereocenters. The van der Waals surface area contributed by atoms with E-state index in [1.165, 1.54) is 6.20 Å². The van der Waals surface area contributed by atoms with E-state index in [-0.39, 0.29) is 11.7 Å². The van der Waals surface area contributed by atoms with Crippen molar-refractivity contribution < 1.29 is 4.92 Å². The minimum atomic E-state index is -0.417. The number of hydrogen-bond acceptors (Lipinski definition) is 5. The molecule has 1 aromatic heterocycles. The highest BCUT2D eigenvalue weighted by atomic mass is 16.6. The summed E-state index contributed by atoms with van der Waals surface area (Å²) in [4.78, 5) is 16.5. The summed E-state index contributed by atoms with van der Waals surface area (Å²) in [5.41, 5.74) is 0.540. The van der Waals surface area contributed by atoms with Gasteiger partial charge in [0.05, 0.1) is 4.92 Å². The summed E-state index contributed by atoms with van der Waals surface area (Å²) in [5, 5.41) is 14.0. The minimum Gasteiger partial charge on any atom is -0.376 e. The third kappa shape index (κ3) is 3.96. The lowest BCUT2D eigenvalue weighted by Crippen LogP contribution is -2.34. The molecule has 0 saturated heterocycles. The van der Waals surface area contributed by atoms with E-state index in [4.69, 9.17) is 0 Å². The van der Waals surface area contributed by atoms with Crippen LogP contribution in [0.3, 0.4) is 0 Å². The van der Waals surface area contributed by atoms with E-state index in [9.17, 15) is 10.1 Å². The van der Waals surface area contributed by atoms with Crippen LogP contribution in [0.25, 0.3) is 0 Å². The van der Waals surface area contributed by atoms with Crippen LogP contribution >= 0.6 is 0 Å². The van der Waals surface area contributed by atoms with Gasteiger partial charge in [0.1, 0.15) is 11.9 Å². The van der Waals surface area contributed by atoms with E-state index < -0.39 is 4.92 Å². The van der Waals surface area contributed by atoms with E-state index in [1.54, 1.807) is 12.3 Å². The van der Waals surface area contributed by atoms with Gasteiger partial charge in [-0.3, -0.25) is 15.1 Å². The normalized spacial score (nSPS) is 12.4. The lowest BCUT2D eigenvalue weighted by atomic mass is 10.2. The van der Waals surface area contributed by atoms with Gasteiger partial charge in [0, 0.05) is 18.8 Å². The highest BCUT2D eigenvalue weighted by Crippen LogP contribution is 2.22. The Morgan fingerprint density at radius 1 is 1.50 bits per heavy atom. The van der Waals surface area contributed by atoms with Gasteiger partial charge in [-0.2, -0.15) is 0 Å². The summed E-state index contributed by atoms with van der Waals surface area (Å²) in [6, 6.07) is 1.78. The second kappa shape index (κ2) is 6.90. The first-order valence-corrected chi connectivity index (χ1v) is 6.15. The summed E-state index contributed by atoms with van der Waals surface area (Å²) in [6.45, 7) is 9.02. The molecule has 0 fully saturated rings. The van der Waals surface area contributed by atoms with Crippen LogP contribution in [0.15, 0.2) is 18.5 Å². The van der Waals surface area contributed by atoms with Crippen LogP contribution < -0.4 is 5.32 Å². The first-order valence-electron chi connectivity index (χ1n) is 6.15. The fraction of sp³-hybridized carbons (Fsp3) is 0.583. The summed E-state index contributed by atoms with van der Waals surface area (Å²) in [6.07, 6.45) is 2.83. The lowest BCUT2D eigenvalue weighted by molar-refractivity contribution is -0.384. The molecule has 18 heavy (non-hydrogen) atoms. The fourth-order valence-electron chi connectivity index (χ4n) is 1.83. The minimum absolute atomic E-state index is 0.0175. The van der Waals surface area contributed by atoms with Gasteiger partial charge in [-0.15, -0.1) is 0 Å². The second-order valence-electron chi connectivity index (χ2n) is 4.18. The molecular weight excluding hydrogens is 232 g/mol. The number of anilines is 1. The van der Waals surface area contributed by atoms with Gasteiger partial charge in [-0.05, 0) is 26.1 Å². The molecule has 0 aliphatic rings. The molecule has 0 amide bonds. The zero-order valence-corrected chi connectivity index (χ0v) is 11.1. The first-order chi connectivity index (χ1) is 8.58. The molecule has 0 aliphatic carbocycles. The average molecular weight is 252 g/mol. The Kier molecular flexibility index (Phi) is 5.51. The molecule has 0 bridgehead atoms. The number of nitro groups is 1. The lowest BCUT2D eigenvalue weighted by Gasteiger charge is -2.23. The van der Waals surface area contributed by atoms with Crippen LogP contribution in [-0.4, -0.2) is 40.5 Å². The summed E-state index contributed by atoms with van der Waals surface area (Å²) in [5.74, 6) is 0. The Bertz CT molecular complexity index is 393. The number of likely N-dealkylation sites (N-methyl/N-ethyl adjacent to an activating group) is 1. The highest BCUT2D eigenvalue weighted by molar-refractivity contribution is 5.59. The Balaban J connectivity index is 2.69. The predicted octanol–water partition coefficient (Wildman–Crippen LogP) is 2.13. The van der Waals surface area contributed by atoms with Gasteiger partial charge in [0.15, 0.2) is 0 Å². The standard InChI is InChI=1S/C12H20N4O2/c1-4-15(5-2)9-10(3)14-11-6-7-13-8-12(11)16(17)18/h6-8,10H,4-5,9H2,1-3H3,(H,13,14). The van der Waals surface area contributed by atoms with Crippen molar-refractivity contribution in [2.75, 3.05) is 25.0 Å². The van der Waals surface area contributed by atoms with Crippen LogP contribution in [0.2, 0.25) is 0 Å². The number of nitrogens with one attached hydrogen (secondary N) is 1. The molecule has 1 atom stereocenters. The highest BCUT2D eigenvalue weighted by Gasteiger charge is 2.15. The Morgan fingerprint density at radius 3 is 2.72 bits per heavy atom. The maximum atomic E-state index is 10.9. The molecule has 0 spiro atoms. The van der Waals surface area contributed by atoms with Crippen molar-refractivity contribution in [3.63, 3.8) is 0 Å². The van der Waals surface area contributed by atoms with E-state index in [0.29, 0.717) is 5.69 Å². The molecule has 0 aliphatic heterocycles. The Hall–Kier alpha value is -1.69. The third-order valence-electron chi connectivity index (χ3n) is 2.83. The molecular formula is C12H20N4O2. The molecule has 1 N–H and O–H groups in total. The van der Waals surface area contributed by atoms with Gasteiger partial charge < -0.3 is 10.2 Å². The zero-order valence-electron chi connectivity index (χ0n) is 11.1. The molecule has 0 saturated carbocycles. The topological polar surface area (TPSA) is 71.3 Å². The van der Waals surface area contributed by atoms with Crippen molar-refractivity contribution >= 4 is 11.4 Å². The van der Waals surface area contributed by atoms with Crippen molar-refractivity contribution in [3.8, 4) is 0 Å². The number of aromatic nitrogens is 1. The van der Waals surface area contributed by atoms with Crippen LogP contribution in [0.4, 0.5) is 11.4 Å². The zero-order chi connectivity index (χ0) is 13.5. The van der Waals surface area contributed by atoms with E-state index in [1.807, 2.05) is 6.92 Å². The summed E-state index contributed by atoms with van der Waals surface area (Å²) >= 11 is 0. The molecule has 1 rings (SSSR count). The van der Waals surface area contributed by atoms with Gasteiger partial charge >= 0.3 is 5.69 Å². The van der Waals surface area contributed by atoms with Gasteiger partial charge in [0.25, 0.3) is 0 Å². The third-order valence-corrected chi connectivity index (χ3v) is 2.83. The van der Waals surface area contributed by atoms with Crippen LogP contribution in [0.5, 0.6) is 0 Å². The van der Waals surface area contributed by atoms with E-state index >= 15 is 0 Å². The predicted molar refractivity (Wildman–Crippen MR) is 71.8 cm³/mol. The largest absolute Gasteiger partial charge is 0.376 e. The maximum absolute atomic E-state index is 10.9. The molecule has 6 nitrogen and oxygen atoms in total. The number of hydrogen-bond donors (Lipinski definition) is 1. The SMILES string of the molecule is CCN(CC)CC(C)Nc1ccncc1[N+](=O)[O-]. The fourth-order valence-corrected chi connectivity index (χ4v) is 1.83. The first kappa shape index (κ1) is 14.4. The molecule has 6 heteroatoms. The van der Waals surface area contributed by atoms with Crippen LogP contribution in [0.1, 0.15) is 20.8 Å². The van der Waals surface area contributed by atoms with Crippen molar-refractivity contribution in [2.45, 2.75) is 26.8 Å². The molecule has 1 aromatic rings. The van der Waals surface area contributed by atoms with E-state index in [0.717, 1.165) is 19.6 Å². The van der Waals surface area contributed by atoms with Gasteiger partial charge in [0.2, 0.25) is 0 Å². The van der Waals surface area contributed by atoms with Crippen LogP contribution in [-0.2, 0) is 0 Å². The second-order valence-corrected chi connectivity index (χ2v) is 4.18. The Labute approximate surface area is 107 Å². The summed E-state index contributed by atoms with van der Waals surface area (Å²) < 4.78 is 0. The Morgan fingerprint density at radius 2 is 2.17 bits per heavy atom. The quantitative estimate of drug-likeness (QED) is 0.594. The van der Waals surface area contributed by atoms with Crippen molar-refractivity contribution in [2.24, 2.45) is 0 Å². The molecule has 0 radical (unpaired) electrons. The van der Waals surface area contributed by atoms with Crippen molar-refractivity contribution in [3.05, 3.63) is 28.6 Å². The molecule has 0 aromatic carbocycles. The molecule has 100 valence electrons. The number of nitrogens with zero attached hydrogens (tertiary/aromatic N) is 3. The summed E-state index contributed by atoms with van der Waals surface area (Å²) in [7, 11) is 0. The number of rotatable bonds is 7. The van der Waals surface area contributed by atoms with Crippen molar-refractivity contribution in [1.29, 1.82) is 0 Å². The van der Waals surface area contributed by atoms with Crippen molar-refractivity contribution in [1.82, 2.24) is 9.88 Å². The number of pyridine rings is 1. The monoisotopic (exact) mass is 252 g/mol. The van der Waals surface area contributed by atoms with E-state index in [2.05, 4.69) is 29.0 Å². The van der Waals surface area contributed by atoms with Gasteiger partial charge in [-0.1, -0.05) is 13.8 Å². The smallest absolute Gasteiger partial charge is 0.310 e. The van der Waals surface area contributed by atoms with Crippen LogP contribution in [0, 0.1) is 10.1 Å². The van der Waals surface area contributed by atoms with Gasteiger partial charge in [-0.25, -0.2) is 0 Å². The maximum Gasteiger partial charge on any atom is 0.310 e. The molecule has 1 heterocycles.